The number of carbonyl (C=O) groups excluding carboxylic acids is 2. The average Bonchev–Trinajstić information content (AvgIpc) is 2.66. The lowest BCUT2D eigenvalue weighted by Gasteiger charge is -2.12. The molecule has 8 nitrogen and oxygen atoms in total. The van der Waals surface area contributed by atoms with E-state index in [0.29, 0.717) is 28.7 Å². The van der Waals surface area contributed by atoms with Gasteiger partial charge in [0.15, 0.2) is 23.0 Å². The number of benzene rings is 2. The zero-order valence-electron chi connectivity index (χ0n) is 14.9. The summed E-state index contributed by atoms with van der Waals surface area (Å²) in [6.07, 6.45) is 0. The summed E-state index contributed by atoms with van der Waals surface area (Å²) in [6, 6.07) is 8.77. The molecule has 2 N–H and O–H groups in total. The minimum absolute atomic E-state index is 0.255. The van der Waals surface area contributed by atoms with E-state index in [1.165, 1.54) is 40.6 Å². The Morgan fingerprint density at radius 3 is 1.85 bits per heavy atom. The highest BCUT2D eigenvalue weighted by Crippen LogP contribution is 2.30. The Bertz CT molecular complexity index is 806. The number of nitrogens with one attached hydrogen (secondary N) is 2. The smallest absolute Gasteiger partial charge is 0.326 e. The lowest BCUT2D eigenvalue weighted by molar-refractivity contribution is 0.0966. The van der Waals surface area contributed by atoms with Crippen LogP contribution >= 0.6 is 0 Å². The molecule has 2 aromatic rings. The van der Waals surface area contributed by atoms with Gasteiger partial charge in [-0.05, 0) is 30.3 Å². The largest absolute Gasteiger partial charge is 0.493 e. The van der Waals surface area contributed by atoms with Crippen LogP contribution in [-0.4, -0.2) is 40.4 Å². The Balaban J connectivity index is 2.07. The van der Waals surface area contributed by atoms with E-state index < -0.39 is 11.9 Å². The number of hydrogen-bond donors (Lipinski definition) is 2. The van der Waals surface area contributed by atoms with E-state index >= 15 is 0 Å². The number of imide groups is 1. The first-order valence-electron chi connectivity index (χ1n) is 7.58. The van der Waals surface area contributed by atoms with Gasteiger partial charge in [0.2, 0.25) is 0 Å². The fourth-order valence-corrected chi connectivity index (χ4v) is 2.23. The Morgan fingerprint density at radius 2 is 1.27 bits per heavy atom. The Morgan fingerprint density at radius 1 is 0.731 bits per heavy atom. The zero-order chi connectivity index (χ0) is 19.1. The van der Waals surface area contributed by atoms with Gasteiger partial charge in [0.25, 0.3) is 5.91 Å². The quantitative estimate of drug-likeness (QED) is 0.822. The van der Waals surface area contributed by atoms with Crippen molar-refractivity contribution in [3.05, 3.63) is 42.0 Å². The molecule has 8 heteroatoms. The molecule has 0 atom stereocenters. The van der Waals surface area contributed by atoms with E-state index in [4.69, 9.17) is 18.9 Å². The van der Waals surface area contributed by atoms with E-state index in [-0.39, 0.29) is 5.56 Å². The molecule has 0 bridgehead atoms. The summed E-state index contributed by atoms with van der Waals surface area (Å²) in [4.78, 5) is 24.3. The summed E-state index contributed by atoms with van der Waals surface area (Å²) in [6.45, 7) is 0. The second kappa shape index (κ2) is 8.61. The lowest BCUT2D eigenvalue weighted by atomic mass is 10.2. The number of amides is 3. The van der Waals surface area contributed by atoms with Crippen LogP contribution in [0, 0.1) is 0 Å². The molecule has 138 valence electrons. The van der Waals surface area contributed by atoms with Crippen LogP contribution in [0.2, 0.25) is 0 Å². The van der Waals surface area contributed by atoms with Crippen LogP contribution in [0.1, 0.15) is 10.4 Å². The van der Waals surface area contributed by atoms with Crippen LogP contribution in [0.15, 0.2) is 36.4 Å². The normalized spacial score (nSPS) is 9.85. The average molecular weight is 360 g/mol. The van der Waals surface area contributed by atoms with Gasteiger partial charge in [-0.2, -0.15) is 0 Å². The first-order chi connectivity index (χ1) is 12.5. The number of hydrogen-bond acceptors (Lipinski definition) is 6. The van der Waals surface area contributed by atoms with Crippen molar-refractivity contribution in [2.24, 2.45) is 0 Å². The molecular weight excluding hydrogens is 340 g/mol. The van der Waals surface area contributed by atoms with Crippen molar-refractivity contribution in [3.8, 4) is 23.0 Å². The maximum Gasteiger partial charge on any atom is 0.326 e. The van der Waals surface area contributed by atoms with E-state index in [0.717, 1.165) is 0 Å². The Hall–Kier alpha value is -3.42. The van der Waals surface area contributed by atoms with Crippen molar-refractivity contribution in [1.82, 2.24) is 5.32 Å². The molecule has 26 heavy (non-hydrogen) atoms. The van der Waals surface area contributed by atoms with Gasteiger partial charge in [0.05, 0.1) is 28.4 Å². The Labute approximate surface area is 151 Å². The third-order valence-electron chi connectivity index (χ3n) is 3.51. The number of rotatable bonds is 6. The second-order valence-corrected chi connectivity index (χ2v) is 5.05. The van der Waals surface area contributed by atoms with Gasteiger partial charge >= 0.3 is 6.03 Å². The van der Waals surface area contributed by atoms with Crippen molar-refractivity contribution in [2.75, 3.05) is 33.8 Å². The zero-order valence-corrected chi connectivity index (χ0v) is 14.9. The fraction of sp³-hybridized carbons (Fsp3) is 0.222. The van der Waals surface area contributed by atoms with E-state index in [9.17, 15) is 9.59 Å². The number of methoxy groups -OCH3 is 4. The van der Waals surface area contributed by atoms with E-state index in [1.54, 1.807) is 24.3 Å². The topological polar surface area (TPSA) is 95.1 Å². The van der Waals surface area contributed by atoms with Crippen molar-refractivity contribution in [1.29, 1.82) is 0 Å². The monoisotopic (exact) mass is 360 g/mol. The van der Waals surface area contributed by atoms with Crippen LogP contribution in [0.5, 0.6) is 23.0 Å². The van der Waals surface area contributed by atoms with Crippen molar-refractivity contribution in [2.45, 2.75) is 0 Å². The van der Waals surface area contributed by atoms with Gasteiger partial charge in [0, 0.05) is 17.3 Å². The van der Waals surface area contributed by atoms with Crippen LogP contribution in [0.25, 0.3) is 0 Å². The highest BCUT2D eigenvalue weighted by Gasteiger charge is 2.14. The van der Waals surface area contributed by atoms with Gasteiger partial charge in [0.1, 0.15) is 0 Å². The number of urea groups is 1. The van der Waals surface area contributed by atoms with Crippen LogP contribution < -0.4 is 29.6 Å². The van der Waals surface area contributed by atoms with Gasteiger partial charge in [-0.15, -0.1) is 0 Å². The highest BCUT2D eigenvalue weighted by molar-refractivity contribution is 6.08. The molecule has 0 fully saturated rings. The maximum absolute atomic E-state index is 12.2. The molecule has 0 heterocycles. The maximum atomic E-state index is 12.2. The summed E-state index contributed by atoms with van der Waals surface area (Å²) < 4.78 is 20.6. The second-order valence-electron chi connectivity index (χ2n) is 5.05. The molecule has 2 aromatic carbocycles. The van der Waals surface area contributed by atoms with Crippen LogP contribution in [-0.2, 0) is 0 Å². The molecule has 0 aliphatic carbocycles. The molecular formula is C18H20N2O6. The molecule has 0 aliphatic rings. The van der Waals surface area contributed by atoms with Crippen LogP contribution in [0.3, 0.4) is 0 Å². The minimum Gasteiger partial charge on any atom is -0.493 e. The predicted octanol–water partition coefficient (Wildman–Crippen LogP) is 2.68. The molecule has 0 aromatic heterocycles. The number of anilines is 1. The van der Waals surface area contributed by atoms with Gasteiger partial charge < -0.3 is 24.3 Å². The summed E-state index contributed by atoms with van der Waals surface area (Å²) in [5, 5.41) is 4.80. The summed E-state index contributed by atoms with van der Waals surface area (Å²) >= 11 is 0. The van der Waals surface area contributed by atoms with E-state index in [1.807, 2.05) is 0 Å². The van der Waals surface area contributed by atoms with Gasteiger partial charge in [-0.25, -0.2) is 4.79 Å². The van der Waals surface area contributed by atoms with Crippen molar-refractivity contribution >= 4 is 17.6 Å². The highest BCUT2D eigenvalue weighted by atomic mass is 16.5. The number of ether oxygens (including phenoxy) is 4. The molecule has 2 rings (SSSR count). The molecule has 0 radical (unpaired) electrons. The molecule has 3 amide bonds. The third-order valence-corrected chi connectivity index (χ3v) is 3.51. The Kier molecular flexibility index (Phi) is 6.26. The molecule has 0 saturated carbocycles. The first-order valence-corrected chi connectivity index (χ1v) is 7.58. The van der Waals surface area contributed by atoms with E-state index in [2.05, 4.69) is 10.6 Å². The molecule has 0 spiro atoms. The third kappa shape index (κ3) is 4.35. The SMILES string of the molecule is COc1ccc(NC(=O)NC(=O)c2ccc(OC)c(OC)c2)cc1OC. The summed E-state index contributed by atoms with van der Waals surface area (Å²) in [5.41, 5.74) is 0.699. The molecule has 0 aliphatic heterocycles. The van der Waals surface area contributed by atoms with Crippen molar-refractivity contribution in [3.63, 3.8) is 0 Å². The van der Waals surface area contributed by atoms with Crippen molar-refractivity contribution < 1.29 is 28.5 Å². The van der Waals surface area contributed by atoms with Gasteiger partial charge in [-0.3, -0.25) is 10.1 Å². The standard InChI is InChI=1S/C18H20N2O6/c1-23-13-7-5-11(9-15(13)25-3)17(21)20-18(22)19-12-6-8-14(24-2)16(10-12)26-4/h5-10H,1-4H3,(H2,19,20,21,22). The predicted molar refractivity (Wildman–Crippen MR) is 95.6 cm³/mol. The minimum atomic E-state index is -0.683. The first kappa shape index (κ1) is 18.9. The summed E-state index contributed by atoms with van der Waals surface area (Å²) in [5.74, 6) is 1.28. The lowest BCUT2D eigenvalue weighted by Crippen LogP contribution is -2.34. The number of carbonyl (C=O) groups is 2. The fourth-order valence-electron chi connectivity index (χ4n) is 2.23. The summed E-state index contributed by atoms with van der Waals surface area (Å²) in [7, 11) is 5.96. The molecule has 0 saturated heterocycles. The molecule has 0 unspecified atom stereocenters. The van der Waals surface area contributed by atoms with Crippen LogP contribution in [0.4, 0.5) is 10.5 Å². The van der Waals surface area contributed by atoms with Gasteiger partial charge in [-0.1, -0.05) is 0 Å².